The van der Waals surface area contributed by atoms with Crippen molar-refractivity contribution in [3.63, 3.8) is 0 Å². The third-order valence-electron chi connectivity index (χ3n) is 5.09. The van der Waals surface area contributed by atoms with E-state index in [1.807, 2.05) is 30.3 Å². The van der Waals surface area contributed by atoms with Crippen molar-refractivity contribution in [2.75, 3.05) is 6.54 Å². The monoisotopic (exact) mass is 542 g/mol. The number of hydrogen-bond acceptors (Lipinski definition) is 4. The molecule has 2 saturated heterocycles. The SMILES string of the molecule is CC1(Br)CN2C(=O)C(NC(=O)Cc3ccccc3)[C@H]2SC1(CC(Cl)(Cl)Cl)C(=O)O. The maximum atomic E-state index is 12.6. The molecule has 0 aromatic heterocycles. The molecule has 1 aromatic rings. The number of carbonyl (C=O) groups is 3. The molecule has 2 N–H and O–H groups in total. The Kier molecular flexibility index (Phi) is 6.43. The Balaban J connectivity index is 1.79. The number of nitrogens with zero attached hydrogens (tertiary/aromatic N) is 1. The Hall–Kier alpha value is -0.670. The Morgan fingerprint density at radius 3 is 2.52 bits per heavy atom. The lowest BCUT2D eigenvalue weighted by Crippen LogP contribution is -2.77. The van der Waals surface area contributed by atoms with Crippen molar-refractivity contribution in [2.45, 2.75) is 44.0 Å². The van der Waals surface area contributed by atoms with Crippen LogP contribution in [-0.4, -0.2) is 58.6 Å². The summed E-state index contributed by atoms with van der Waals surface area (Å²) in [6, 6.07) is 8.30. The van der Waals surface area contributed by atoms with E-state index in [-0.39, 0.29) is 31.2 Å². The minimum Gasteiger partial charge on any atom is -0.480 e. The summed E-state index contributed by atoms with van der Waals surface area (Å²) in [6.45, 7) is 1.77. The van der Waals surface area contributed by atoms with Crippen molar-refractivity contribution < 1.29 is 19.5 Å². The summed E-state index contributed by atoms with van der Waals surface area (Å²) in [5, 5.41) is 12.2. The van der Waals surface area contributed by atoms with E-state index in [1.165, 1.54) is 4.90 Å². The van der Waals surface area contributed by atoms with Crippen molar-refractivity contribution in [1.82, 2.24) is 10.2 Å². The average Bonchev–Trinajstić information content (AvgIpc) is 2.61. The number of halogens is 4. The van der Waals surface area contributed by atoms with Crippen LogP contribution in [0.1, 0.15) is 18.9 Å². The largest absolute Gasteiger partial charge is 0.480 e. The highest BCUT2D eigenvalue weighted by molar-refractivity contribution is 9.10. The molecule has 0 saturated carbocycles. The standard InChI is InChI=1S/C18H18BrCl3N2O4S/c1-16(19)9-24-13(26)12(23-11(25)7-10-5-3-2-4-6-10)14(24)29-17(16,15(27)28)8-18(20,21)22/h2-6,12,14H,7-9H2,1H3,(H,23,25)(H,27,28)/t12?,14-,16?,17?/m1/s1. The van der Waals surface area contributed by atoms with Crippen molar-refractivity contribution in [2.24, 2.45) is 0 Å². The van der Waals surface area contributed by atoms with Gasteiger partial charge in [-0.1, -0.05) is 81.1 Å². The van der Waals surface area contributed by atoms with Gasteiger partial charge < -0.3 is 15.3 Å². The van der Waals surface area contributed by atoms with Crippen molar-refractivity contribution >= 4 is 80.3 Å². The second-order valence-corrected chi connectivity index (χ2v) is 13.0. The zero-order chi connectivity index (χ0) is 21.6. The minimum atomic E-state index is -1.80. The van der Waals surface area contributed by atoms with Gasteiger partial charge >= 0.3 is 5.97 Å². The number of thioether (sulfide) groups is 1. The van der Waals surface area contributed by atoms with Gasteiger partial charge in [0, 0.05) is 13.0 Å². The van der Waals surface area contributed by atoms with E-state index in [4.69, 9.17) is 34.8 Å². The van der Waals surface area contributed by atoms with Gasteiger partial charge in [0.15, 0.2) is 3.79 Å². The fourth-order valence-corrected chi connectivity index (χ4v) is 7.04. The van der Waals surface area contributed by atoms with Crippen molar-refractivity contribution in [3.05, 3.63) is 35.9 Å². The van der Waals surface area contributed by atoms with Gasteiger partial charge in [-0.2, -0.15) is 0 Å². The van der Waals surface area contributed by atoms with Crippen LogP contribution in [0.5, 0.6) is 0 Å². The number of carbonyl (C=O) groups excluding carboxylic acids is 2. The van der Waals surface area contributed by atoms with Crippen molar-refractivity contribution in [3.8, 4) is 0 Å². The van der Waals surface area contributed by atoms with Gasteiger partial charge in [0.25, 0.3) is 0 Å². The van der Waals surface area contributed by atoms with Gasteiger partial charge in [0.1, 0.15) is 16.2 Å². The van der Waals surface area contributed by atoms with Crippen LogP contribution in [0.4, 0.5) is 0 Å². The molecule has 0 bridgehead atoms. The van der Waals surface area contributed by atoms with E-state index in [2.05, 4.69) is 21.2 Å². The highest BCUT2D eigenvalue weighted by Crippen LogP contribution is 2.58. The highest BCUT2D eigenvalue weighted by Gasteiger charge is 2.67. The molecule has 0 radical (unpaired) electrons. The molecule has 29 heavy (non-hydrogen) atoms. The van der Waals surface area contributed by atoms with Crippen LogP contribution in [-0.2, 0) is 20.8 Å². The van der Waals surface area contributed by atoms with Crippen LogP contribution in [0.25, 0.3) is 0 Å². The maximum absolute atomic E-state index is 12.6. The number of fused-ring (bicyclic) bond motifs is 1. The minimum absolute atomic E-state index is 0.113. The maximum Gasteiger partial charge on any atom is 0.321 e. The van der Waals surface area contributed by atoms with E-state index < -0.39 is 30.2 Å². The molecule has 0 aliphatic carbocycles. The average molecular weight is 545 g/mol. The lowest BCUT2D eigenvalue weighted by molar-refractivity contribution is -0.152. The number of carboxylic acid groups (broad SMARTS) is 1. The predicted molar refractivity (Wildman–Crippen MR) is 118 cm³/mol. The number of rotatable bonds is 5. The first-order valence-corrected chi connectivity index (χ1v) is 11.5. The molecule has 2 heterocycles. The number of amides is 2. The van der Waals surface area contributed by atoms with E-state index in [9.17, 15) is 19.5 Å². The molecule has 2 aliphatic rings. The second-order valence-electron chi connectivity index (χ2n) is 7.30. The Morgan fingerprint density at radius 1 is 1.34 bits per heavy atom. The molecule has 3 unspecified atom stereocenters. The van der Waals surface area contributed by atoms with Gasteiger partial charge in [-0.15, -0.1) is 11.8 Å². The quantitative estimate of drug-likeness (QED) is 0.439. The molecule has 2 amide bonds. The first-order valence-electron chi connectivity index (χ1n) is 8.67. The lowest BCUT2D eigenvalue weighted by Gasteiger charge is -2.59. The molecule has 0 spiro atoms. The Bertz CT molecular complexity index is 836. The topological polar surface area (TPSA) is 86.7 Å². The summed E-state index contributed by atoms with van der Waals surface area (Å²) >= 11 is 22.3. The summed E-state index contributed by atoms with van der Waals surface area (Å²) < 4.78 is -4.35. The first kappa shape index (κ1) is 23.0. The molecule has 2 aliphatic heterocycles. The highest BCUT2D eigenvalue weighted by atomic mass is 79.9. The fraction of sp³-hybridized carbons (Fsp3) is 0.500. The number of benzene rings is 1. The first-order chi connectivity index (χ1) is 13.4. The molecule has 158 valence electrons. The number of carboxylic acids is 1. The van der Waals surface area contributed by atoms with Gasteiger partial charge in [0.05, 0.1) is 10.7 Å². The summed E-state index contributed by atoms with van der Waals surface area (Å²) in [5.74, 6) is -1.73. The molecule has 2 fully saturated rings. The van der Waals surface area contributed by atoms with Crippen LogP contribution in [0, 0.1) is 0 Å². The van der Waals surface area contributed by atoms with Gasteiger partial charge in [-0.25, -0.2) is 0 Å². The van der Waals surface area contributed by atoms with E-state index in [1.54, 1.807) is 6.92 Å². The molecule has 3 rings (SSSR count). The molecule has 1 aromatic carbocycles. The zero-order valence-electron chi connectivity index (χ0n) is 15.2. The lowest BCUT2D eigenvalue weighted by atomic mass is 9.87. The predicted octanol–water partition coefficient (Wildman–Crippen LogP) is 3.37. The van der Waals surface area contributed by atoms with Gasteiger partial charge in [0.2, 0.25) is 11.8 Å². The third-order valence-corrected chi connectivity index (χ3v) is 8.62. The van der Waals surface area contributed by atoms with E-state index >= 15 is 0 Å². The van der Waals surface area contributed by atoms with Crippen molar-refractivity contribution in [1.29, 1.82) is 0 Å². The number of hydrogen-bond donors (Lipinski definition) is 2. The smallest absolute Gasteiger partial charge is 0.321 e. The van der Waals surface area contributed by atoms with Gasteiger partial charge in [-0.3, -0.25) is 14.4 Å². The molecular weight excluding hydrogens is 527 g/mol. The van der Waals surface area contributed by atoms with Crippen LogP contribution in [0.15, 0.2) is 30.3 Å². The third kappa shape index (κ3) is 4.51. The summed E-state index contributed by atoms with van der Waals surface area (Å²) in [5.41, 5.74) is 0.814. The van der Waals surface area contributed by atoms with E-state index in [0.29, 0.717) is 0 Å². The van der Waals surface area contributed by atoms with Crippen LogP contribution in [0.3, 0.4) is 0 Å². The van der Waals surface area contributed by atoms with Crippen LogP contribution in [0.2, 0.25) is 0 Å². The molecule has 4 atom stereocenters. The number of nitrogens with one attached hydrogen (secondary N) is 1. The molecule has 11 heteroatoms. The van der Waals surface area contributed by atoms with Crippen LogP contribution < -0.4 is 5.32 Å². The molecule has 6 nitrogen and oxygen atoms in total. The Morgan fingerprint density at radius 2 is 1.97 bits per heavy atom. The molecular formula is C18H18BrCl3N2O4S. The summed E-state index contributed by atoms with van der Waals surface area (Å²) in [6.07, 6.45) is -0.147. The second kappa shape index (κ2) is 8.11. The Labute approximate surface area is 195 Å². The fourth-order valence-electron chi connectivity index (χ4n) is 3.60. The number of β-lactam (4-membered cyclic amide) rings is 1. The summed E-state index contributed by atoms with van der Waals surface area (Å²) in [7, 11) is 0. The number of alkyl halides is 4. The summed E-state index contributed by atoms with van der Waals surface area (Å²) in [4.78, 5) is 38.8. The van der Waals surface area contributed by atoms with E-state index in [0.717, 1.165) is 17.3 Å². The van der Waals surface area contributed by atoms with Crippen LogP contribution >= 0.6 is 62.5 Å². The normalized spacial score (nSPS) is 31.6. The van der Waals surface area contributed by atoms with Gasteiger partial charge in [-0.05, 0) is 12.5 Å². The zero-order valence-corrected chi connectivity index (χ0v) is 19.9. The number of aliphatic carboxylic acids is 1.